The second kappa shape index (κ2) is 7.75. The van der Waals surface area contributed by atoms with Gasteiger partial charge in [0.05, 0.1) is 6.04 Å². The van der Waals surface area contributed by atoms with E-state index in [0.717, 1.165) is 43.9 Å². The van der Waals surface area contributed by atoms with Gasteiger partial charge in [0.1, 0.15) is 11.6 Å². The van der Waals surface area contributed by atoms with Gasteiger partial charge in [-0.15, -0.1) is 22.6 Å². The van der Waals surface area contributed by atoms with Crippen molar-refractivity contribution < 1.29 is 4.79 Å². The highest BCUT2D eigenvalue weighted by Crippen LogP contribution is 2.20. The molecule has 21 heavy (non-hydrogen) atoms. The van der Waals surface area contributed by atoms with E-state index in [1.165, 1.54) is 0 Å². The van der Waals surface area contributed by atoms with Gasteiger partial charge >= 0.3 is 0 Å². The smallest absolute Gasteiger partial charge is 0.237 e. The molecule has 1 aliphatic rings. The third-order valence-electron chi connectivity index (χ3n) is 3.77. The quantitative estimate of drug-likeness (QED) is 0.859. The van der Waals surface area contributed by atoms with Gasteiger partial charge in [-0.05, 0) is 12.8 Å². The van der Waals surface area contributed by atoms with Crippen molar-refractivity contribution in [2.75, 3.05) is 0 Å². The lowest BCUT2D eigenvalue weighted by molar-refractivity contribution is -0.123. The molecule has 0 saturated heterocycles. The molecule has 3 N–H and O–H groups in total. The molecule has 1 aromatic rings. The van der Waals surface area contributed by atoms with E-state index in [-0.39, 0.29) is 24.4 Å². The van der Waals surface area contributed by atoms with Crippen LogP contribution in [0, 0.1) is 0 Å². The van der Waals surface area contributed by atoms with Gasteiger partial charge in [0.2, 0.25) is 5.91 Å². The Morgan fingerprint density at radius 1 is 1.48 bits per heavy atom. The number of carbonyl (C=O) groups excluding carboxylic acids is 1. The summed E-state index contributed by atoms with van der Waals surface area (Å²) in [6, 6.07) is -0.265. The molecule has 2 rings (SSSR count). The summed E-state index contributed by atoms with van der Waals surface area (Å²) >= 11 is 0. The summed E-state index contributed by atoms with van der Waals surface area (Å²) in [6.07, 6.45) is 3.41. The fraction of sp³-hybridized carbons (Fsp3) is 0.786. The van der Waals surface area contributed by atoms with Crippen LogP contribution >= 0.6 is 12.4 Å². The standard InChI is InChI=1S/C14H25N5O.ClH/c1-4-5-11(15)14(20)16-10-6-7-12-17-18-13(9(2)3)19(12)8-10;/h9-11H,4-8,15H2,1-3H3,(H,16,20);1H. The number of aromatic nitrogens is 3. The maximum Gasteiger partial charge on any atom is 0.237 e. The molecule has 1 aromatic heterocycles. The van der Waals surface area contributed by atoms with Crippen molar-refractivity contribution in [3.63, 3.8) is 0 Å². The van der Waals surface area contributed by atoms with E-state index in [2.05, 4.69) is 33.9 Å². The van der Waals surface area contributed by atoms with Crippen LogP contribution in [0.15, 0.2) is 0 Å². The topological polar surface area (TPSA) is 85.8 Å². The summed E-state index contributed by atoms with van der Waals surface area (Å²) in [4.78, 5) is 12.0. The maximum absolute atomic E-state index is 12.0. The molecular formula is C14H26ClN5O. The number of fused-ring (bicyclic) bond motifs is 1. The van der Waals surface area contributed by atoms with Gasteiger partial charge in [-0.1, -0.05) is 27.2 Å². The number of halogens is 1. The lowest BCUT2D eigenvalue weighted by atomic mass is 10.0. The van der Waals surface area contributed by atoms with E-state index in [9.17, 15) is 4.79 Å². The third-order valence-corrected chi connectivity index (χ3v) is 3.77. The van der Waals surface area contributed by atoms with Gasteiger partial charge in [-0.3, -0.25) is 4.79 Å². The van der Waals surface area contributed by atoms with Gasteiger partial charge in [-0.25, -0.2) is 0 Å². The van der Waals surface area contributed by atoms with E-state index in [1.807, 2.05) is 6.92 Å². The maximum atomic E-state index is 12.0. The Hall–Kier alpha value is -1.14. The van der Waals surface area contributed by atoms with Crippen LogP contribution in [-0.2, 0) is 17.8 Å². The minimum absolute atomic E-state index is 0. The molecule has 0 bridgehead atoms. The molecule has 2 atom stereocenters. The Balaban J connectivity index is 0.00000220. The zero-order valence-corrected chi connectivity index (χ0v) is 13.8. The molecule has 7 heteroatoms. The molecule has 0 aliphatic carbocycles. The average Bonchev–Trinajstić information content (AvgIpc) is 2.82. The molecule has 2 unspecified atom stereocenters. The van der Waals surface area contributed by atoms with Crippen LogP contribution in [0.3, 0.4) is 0 Å². The molecule has 1 amide bonds. The van der Waals surface area contributed by atoms with Crippen LogP contribution in [0.2, 0.25) is 0 Å². The Kier molecular flexibility index (Phi) is 6.61. The first-order valence-electron chi connectivity index (χ1n) is 7.50. The summed E-state index contributed by atoms with van der Waals surface area (Å²) in [5.41, 5.74) is 5.85. The number of carbonyl (C=O) groups is 1. The molecule has 0 radical (unpaired) electrons. The predicted molar refractivity (Wildman–Crippen MR) is 84.5 cm³/mol. The molecule has 0 aromatic carbocycles. The number of aryl methyl sites for hydroxylation is 1. The molecule has 1 aliphatic heterocycles. The molecule has 120 valence electrons. The Morgan fingerprint density at radius 3 is 2.81 bits per heavy atom. The van der Waals surface area contributed by atoms with E-state index in [1.54, 1.807) is 0 Å². The largest absolute Gasteiger partial charge is 0.350 e. The normalized spacial score (nSPS) is 18.8. The van der Waals surface area contributed by atoms with Crippen molar-refractivity contribution in [3.8, 4) is 0 Å². The number of amides is 1. The second-order valence-corrected chi connectivity index (χ2v) is 5.88. The minimum atomic E-state index is -0.396. The van der Waals surface area contributed by atoms with E-state index in [0.29, 0.717) is 5.92 Å². The highest BCUT2D eigenvalue weighted by atomic mass is 35.5. The summed E-state index contributed by atoms with van der Waals surface area (Å²) in [5.74, 6) is 2.32. The molecule has 2 heterocycles. The van der Waals surface area contributed by atoms with Gasteiger partial charge < -0.3 is 15.6 Å². The van der Waals surface area contributed by atoms with E-state index >= 15 is 0 Å². The minimum Gasteiger partial charge on any atom is -0.350 e. The van der Waals surface area contributed by atoms with Crippen molar-refractivity contribution in [2.24, 2.45) is 5.73 Å². The summed E-state index contributed by atoms with van der Waals surface area (Å²) in [6.45, 7) is 7.00. The predicted octanol–water partition coefficient (Wildman–Crippen LogP) is 1.38. The van der Waals surface area contributed by atoms with Gasteiger partial charge in [-0.2, -0.15) is 0 Å². The van der Waals surface area contributed by atoms with Crippen LogP contribution in [-0.4, -0.2) is 32.8 Å². The van der Waals surface area contributed by atoms with Crippen LogP contribution in [0.1, 0.15) is 57.6 Å². The second-order valence-electron chi connectivity index (χ2n) is 5.88. The summed E-state index contributed by atoms with van der Waals surface area (Å²) in [5, 5.41) is 11.5. The first kappa shape index (κ1) is 17.9. The molecule has 0 spiro atoms. The number of nitrogens with zero attached hydrogens (tertiary/aromatic N) is 3. The Labute approximate surface area is 132 Å². The number of hydrogen-bond acceptors (Lipinski definition) is 4. The molecule has 6 nitrogen and oxygen atoms in total. The third kappa shape index (κ3) is 4.17. The van der Waals surface area contributed by atoms with Crippen LogP contribution in [0.25, 0.3) is 0 Å². The average molecular weight is 316 g/mol. The lowest BCUT2D eigenvalue weighted by Gasteiger charge is -2.27. The van der Waals surface area contributed by atoms with E-state index < -0.39 is 6.04 Å². The van der Waals surface area contributed by atoms with Crippen molar-refractivity contribution in [1.82, 2.24) is 20.1 Å². The fourth-order valence-corrected chi connectivity index (χ4v) is 2.64. The number of nitrogens with one attached hydrogen (secondary N) is 1. The lowest BCUT2D eigenvalue weighted by Crippen LogP contribution is -2.48. The monoisotopic (exact) mass is 315 g/mol. The summed E-state index contributed by atoms with van der Waals surface area (Å²) < 4.78 is 2.14. The zero-order valence-electron chi connectivity index (χ0n) is 13.0. The highest BCUT2D eigenvalue weighted by Gasteiger charge is 2.26. The SMILES string of the molecule is CCCC(N)C(=O)NC1CCc2nnc(C(C)C)n2C1.Cl. The fourth-order valence-electron chi connectivity index (χ4n) is 2.64. The van der Waals surface area contributed by atoms with Crippen LogP contribution < -0.4 is 11.1 Å². The molecule has 0 fully saturated rings. The first-order chi connectivity index (χ1) is 9.52. The van der Waals surface area contributed by atoms with Crippen molar-refractivity contribution in [1.29, 1.82) is 0 Å². The Bertz CT molecular complexity index is 474. The first-order valence-corrected chi connectivity index (χ1v) is 7.50. The van der Waals surface area contributed by atoms with Crippen molar-refractivity contribution in [2.45, 2.75) is 71.0 Å². The summed E-state index contributed by atoms with van der Waals surface area (Å²) in [7, 11) is 0. The van der Waals surface area contributed by atoms with Crippen molar-refractivity contribution in [3.05, 3.63) is 11.6 Å². The number of nitrogens with two attached hydrogens (primary N) is 1. The van der Waals surface area contributed by atoms with Crippen LogP contribution in [0.5, 0.6) is 0 Å². The van der Waals surface area contributed by atoms with Gasteiger partial charge in [0, 0.05) is 24.9 Å². The van der Waals surface area contributed by atoms with Crippen LogP contribution in [0.4, 0.5) is 0 Å². The number of hydrogen-bond donors (Lipinski definition) is 2. The Morgan fingerprint density at radius 2 is 2.19 bits per heavy atom. The van der Waals surface area contributed by atoms with Gasteiger partial charge in [0.15, 0.2) is 0 Å². The van der Waals surface area contributed by atoms with E-state index in [4.69, 9.17) is 5.73 Å². The van der Waals surface area contributed by atoms with Crippen molar-refractivity contribution >= 4 is 18.3 Å². The highest BCUT2D eigenvalue weighted by molar-refractivity contribution is 5.85. The van der Waals surface area contributed by atoms with Gasteiger partial charge in [0.25, 0.3) is 0 Å². The zero-order chi connectivity index (χ0) is 14.7. The number of rotatable bonds is 5. The molecule has 0 saturated carbocycles. The molecular weight excluding hydrogens is 290 g/mol.